The monoisotopic (exact) mass is 701 g/mol. The molecule has 9 aromatic carbocycles. The first-order chi connectivity index (χ1) is 27.3. The fourth-order valence-electron chi connectivity index (χ4n) is 8.11. The Morgan fingerprint density at radius 1 is 0.309 bits per heavy atom. The van der Waals surface area contributed by atoms with Crippen LogP contribution in [0.5, 0.6) is 0 Å². The predicted octanol–water partition coefficient (Wildman–Crippen LogP) is 13.6. The van der Waals surface area contributed by atoms with Gasteiger partial charge in [0.25, 0.3) is 0 Å². The summed E-state index contributed by atoms with van der Waals surface area (Å²) in [7, 11) is 0. The number of hydrogen-bond donors (Lipinski definition) is 0. The van der Waals surface area contributed by atoms with E-state index in [9.17, 15) is 0 Å². The van der Waals surface area contributed by atoms with E-state index in [0.717, 1.165) is 55.3 Å². The number of hydrogen-bond acceptors (Lipinski definition) is 4. The maximum Gasteiger partial charge on any atom is 0.164 e. The number of benzene rings is 9. The van der Waals surface area contributed by atoms with Gasteiger partial charge in [0.05, 0.1) is 0 Å². The van der Waals surface area contributed by atoms with Gasteiger partial charge in [0.2, 0.25) is 0 Å². The first-order valence-corrected chi connectivity index (χ1v) is 18.5. The lowest BCUT2D eigenvalue weighted by atomic mass is 9.90. The van der Waals surface area contributed by atoms with Gasteiger partial charge in [-0.3, -0.25) is 0 Å². The SMILES string of the molecule is c1ccc(-c2nc(-c3ccc(-c4cc5ccccc5c5c4ccc4ccccc45)cc3)nc(-c3ccc(-c4ccccc4)c4oc5ccccc5c34)n2)cc1. The summed E-state index contributed by atoms with van der Waals surface area (Å²) in [6, 6.07) is 65.7. The fourth-order valence-corrected chi connectivity index (χ4v) is 8.11. The first-order valence-electron chi connectivity index (χ1n) is 18.5. The molecule has 0 spiro atoms. The normalized spacial score (nSPS) is 11.6. The molecule has 0 saturated carbocycles. The molecule has 0 aliphatic rings. The second-order valence-electron chi connectivity index (χ2n) is 13.9. The van der Waals surface area contributed by atoms with Crippen molar-refractivity contribution < 1.29 is 4.42 Å². The van der Waals surface area contributed by atoms with Crippen LogP contribution in [0.1, 0.15) is 0 Å². The van der Waals surface area contributed by atoms with Crippen LogP contribution in [-0.2, 0) is 0 Å². The maximum absolute atomic E-state index is 6.59. The van der Waals surface area contributed by atoms with Crippen LogP contribution in [0, 0.1) is 0 Å². The van der Waals surface area contributed by atoms with Crippen LogP contribution < -0.4 is 0 Å². The van der Waals surface area contributed by atoms with E-state index < -0.39 is 0 Å². The second kappa shape index (κ2) is 12.6. The van der Waals surface area contributed by atoms with Gasteiger partial charge < -0.3 is 4.42 Å². The fraction of sp³-hybridized carbons (Fsp3) is 0. The summed E-state index contributed by atoms with van der Waals surface area (Å²) < 4.78 is 6.59. The highest BCUT2D eigenvalue weighted by molar-refractivity contribution is 6.24. The van der Waals surface area contributed by atoms with E-state index in [0.29, 0.717) is 17.5 Å². The van der Waals surface area contributed by atoms with Gasteiger partial charge in [-0.25, -0.2) is 15.0 Å². The average Bonchev–Trinajstić information content (AvgIpc) is 3.66. The van der Waals surface area contributed by atoms with Crippen LogP contribution in [0.25, 0.3) is 111 Å². The Morgan fingerprint density at radius 3 is 1.58 bits per heavy atom. The second-order valence-corrected chi connectivity index (χ2v) is 13.9. The van der Waals surface area contributed by atoms with Crippen LogP contribution in [0.3, 0.4) is 0 Å². The topological polar surface area (TPSA) is 51.8 Å². The lowest BCUT2D eigenvalue weighted by molar-refractivity contribution is 0.670. The van der Waals surface area contributed by atoms with Crippen LogP contribution in [-0.4, -0.2) is 15.0 Å². The van der Waals surface area contributed by atoms with Crippen molar-refractivity contribution in [2.75, 3.05) is 0 Å². The quantitative estimate of drug-likeness (QED) is 0.168. The summed E-state index contributed by atoms with van der Waals surface area (Å²) >= 11 is 0. The molecule has 0 atom stereocenters. The van der Waals surface area contributed by atoms with Crippen LogP contribution >= 0.6 is 0 Å². The van der Waals surface area contributed by atoms with Crippen LogP contribution in [0.2, 0.25) is 0 Å². The Hall–Kier alpha value is -7.43. The minimum absolute atomic E-state index is 0.594. The van der Waals surface area contributed by atoms with Gasteiger partial charge in [-0.2, -0.15) is 0 Å². The number of rotatable bonds is 5. The molecule has 11 aromatic rings. The molecular formula is C51H31N3O. The molecule has 0 radical (unpaired) electrons. The Balaban J connectivity index is 1.09. The molecule has 256 valence electrons. The summed E-state index contributed by atoms with van der Waals surface area (Å²) in [5.41, 5.74) is 8.81. The van der Waals surface area contributed by atoms with Crippen LogP contribution in [0.15, 0.2) is 192 Å². The molecule has 2 aromatic heterocycles. The summed E-state index contributed by atoms with van der Waals surface area (Å²) in [5, 5.41) is 9.50. The molecule has 4 nitrogen and oxygen atoms in total. The highest BCUT2D eigenvalue weighted by Gasteiger charge is 2.21. The van der Waals surface area contributed by atoms with E-state index in [4.69, 9.17) is 19.4 Å². The summed E-state index contributed by atoms with van der Waals surface area (Å²) in [5.74, 6) is 1.82. The lowest BCUT2D eigenvalue weighted by Crippen LogP contribution is -2.00. The van der Waals surface area contributed by atoms with Crippen LogP contribution in [0.4, 0.5) is 0 Å². The van der Waals surface area contributed by atoms with Crippen molar-refractivity contribution in [3.63, 3.8) is 0 Å². The van der Waals surface area contributed by atoms with Crippen molar-refractivity contribution >= 4 is 54.3 Å². The molecule has 4 heteroatoms. The smallest absolute Gasteiger partial charge is 0.164 e. The number of furan rings is 1. The van der Waals surface area contributed by atoms with Gasteiger partial charge in [-0.1, -0.05) is 164 Å². The summed E-state index contributed by atoms with van der Waals surface area (Å²) in [6.45, 7) is 0. The number of para-hydroxylation sites is 1. The Morgan fingerprint density at radius 2 is 0.836 bits per heavy atom. The number of fused-ring (bicyclic) bond motifs is 8. The minimum Gasteiger partial charge on any atom is -0.455 e. The van der Waals surface area contributed by atoms with Crippen molar-refractivity contribution in [1.82, 2.24) is 15.0 Å². The molecule has 0 saturated heterocycles. The zero-order chi connectivity index (χ0) is 36.3. The van der Waals surface area contributed by atoms with E-state index >= 15 is 0 Å². The van der Waals surface area contributed by atoms with Gasteiger partial charge in [0.1, 0.15) is 11.2 Å². The van der Waals surface area contributed by atoms with Crippen molar-refractivity contribution in [2.24, 2.45) is 0 Å². The van der Waals surface area contributed by atoms with E-state index in [1.165, 1.54) is 37.9 Å². The Bertz CT molecular complexity index is 3230. The Labute approximate surface area is 317 Å². The minimum atomic E-state index is 0.594. The molecule has 0 bridgehead atoms. The van der Waals surface area contributed by atoms with Gasteiger partial charge in [-0.05, 0) is 73.3 Å². The zero-order valence-corrected chi connectivity index (χ0v) is 29.6. The van der Waals surface area contributed by atoms with Crippen molar-refractivity contribution in [1.29, 1.82) is 0 Å². The highest BCUT2D eigenvalue weighted by Crippen LogP contribution is 2.42. The standard InChI is InChI=1S/C51H31N3O/c1-3-13-32(14-4-1)40-29-30-43(47-42-21-11-12-22-45(42)55-48(40)47)51-53-49(35-16-5-2-6-17-35)52-50(54-51)36-25-23-34(24-26-36)44-31-37-18-8-10-20-39(37)46-38-19-9-7-15-33(38)27-28-41(44)46/h1-31H. The predicted molar refractivity (Wildman–Crippen MR) is 227 cm³/mol. The Kier molecular flexibility index (Phi) is 7.14. The third-order valence-corrected chi connectivity index (χ3v) is 10.7. The summed E-state index contributed by atoms with van der Waals surface area (Å²) in [4.78, 5) is 15.4. The molecule has 2 heterocycles. The van der Waals surface area contributed by atoms with E-state index in [1.807, 2.05) is 54.6 Å². The first kappa shape index (κ1) is 31.1. The van der Waals surface area contributed by atoms with Gasteiger partial charge in [-0.15, -0.1) is 0 Å². The molecule has 0 N–H and O–H groups in total. The van der Waals surface area contributed by atoms with Crippen molar-refractivity contribution in [2.45, 2.75) is 0 Å². The molecule has 0 amide bonds. The number of nitrogens with zero attached hydrogens (tertiary/aromatic N) is 3. The van der Waals surface area contributed by atoms with E-state index in [2.05, 4.69) is 133 Å². The van der Waals surface area contributed by atoms with Crippen molar-refractivity contribution in [3.05, 3.63) is 188 Å². The molecule has 0 aliphatic heterocycles. The third kappa shape index (κ3) is 5.19. The molecule has 11 rings (SSSR count). The largest absolute Gasteiger partial charge is 0.455 e. The van der Waals surface area contributed by atoms with E-state index in [1.54, 1.807) is 0 Å². The molecule has 0 aliphatic carbocycles. The molecular weight excluding hydrogens is 671 g/mol. The lowest BCUT2D eigenvalue weighted by Gasteiger charge is -2.14. The zero-order valence-electron chi connectivity index (χ0n) is 29.6. The maximum atomic E-state index is 6.59. The average molecular weight is 702 g/mol. The molecule has 0 unspecified atom stereocenters. The summed E-state index contributed by atoms with van der Waals surface area (Å²) in [6.07, 6.45) is 0. The van der Waals surface area contributed by atoms with Gasteiger partial charge in [0.15, 0.2) is 17.5 Å². The van der Waals surface area contributed by atoms with Crippen molar-refractivity contribution in [3.8, 4) is 56.4 Å². The van der Waals surface area contributed by atoms with E-state index in [-0.39, 0.29) is 0 Å². The molecule has 55 heavy (non-hydrogen) atoms. The van der Waals surface area contributed by atoms with Gasteiger partial charge in [0, 0.05) is 33.0 Å². The van der Waals surface area contributed by atoms with Gasteiger partial charge >= 0.3 is 0 Å². The molecule has 0 fully saturated rings. The third-order valence-electron chi connectivity index (χ3n) is 10.7. The number of aromatic nitrogens is 3. The highest BCUT2D eigenvalue weighted by atomic mass is 16.3.